The topological polar surface area (TPSA) is 140 Å². The van der Waals surface area contributed by atoms with E-state index in [-0.39, 0.29) is 51.6 Å². The second-order valence-corrected chi connectivity index (χ2v) is 13.0. The van der Waals surface area contributed by atoms with Crippen molar-refractivity contribution in [3.8, 4) is 28.8 Å². The number of furan rings is 1. The molecule has 11 nitrogen and oxygen atoms in total. The summed E-state index contributed by atoms with van der Waals surface area (Å²) in [6, 6.07) is 12.6. The van der Waals surface area contributed by atoms with Crippen molar-refractivity contribution in [2.75, 3.05) is 11.4 Å². The van der Waals surface area contributed by atoms with Crippen molar-refractivity contribution < 1.29 is 32.3 Å². The zero-order chi connectivity index (χ0) is 33.8. The van der Waals surface area contributed by atoms with Crippen molar-refractivity contribution in [3.63, 3.8) is 0 Å². The van der Waals surface area contributed by atoms with Crippen molar-refractivity contribution in [1.82, 2.24) is 15.1 Å². The van der Waals surface area contributed by atoms with Crippen LogP contribution in [-0.4, -0.2) is 40.0 Å². The summed E-state index contributed by atoms with van der Waals surface area (Å²) in [6.07, 6.45) is -3.83. The van der Waals surface area contributed by atoms with Gasteiger partial charge in [0.15, 0.2) is 22.8 Å². The lowest BCUT2D eigenvalue weighted by molar-refractivity contribution is -0.286. The predicted octanol–water partition coefficient (Wildman–Crippen LogP) is 5.73. The number of fused-ring (bicyclic) bond motifs is 2. The summed E-state index contributed by atoms with van der Waals surface area (Å²) in [6.45, 7) is 12.6. The average Bonchev–Trinajstić information content (AvgIpc) is 3.53. The number of alkyl halides is 2. The lowest BCUT2D eigenvalue weighted by atomic mass is 9.84. The maximum Gasteiger partial charge on any atom is 0.586 e. The molecular formula is C33H33F2N5O6. The number of nitrogens with zero attached hydrogens (tertiary/aromatic N) is 4. The molecular weight excluding hydrogens is 600 g/mol. The van der Waals surface area contributed by atoms with Crippen LogP contribution in [0.15, 0.2) is 51.7 Å². The monoisotopic (exact) mass is 633 g/mol. The number of hydrogen-bond acceptors (Lipinski definition) is 8. The standard InChI is InChI=1S/C33H33F2N5O6/c1-8-39(21-9-10-23-24(14-21)46-33(34,35)45-23)26(41)17-40-30(43)22-15-25(29(42)37-32(5,6)7)44-28(22)27(38-40)19-11-18(16-36)12-20(13-19)31(2,3)4/h9-15H,8,17H2,1-7H3,(H,37,42). The number of nitriles is 1. The molecule has 13 heteroatoms. The summed E-state index contributed by atoms with van der Waals surface area (Å²) in [4.78, 5) is 41.7. The molecule has 0 atom stereocenters. The molecule has 4 aromatic rings. The van der Waals surface area contributed by atoms with E-state index < -0.39 is 35.8 Å². The number of anilines is 1. The van der Waals surface area contributed by atoms with Crippen molar-refractivity contribution in [2.24, 2.45) is 0 Å². The van der Waals surface area contributed by atoms with Crippen LogP contribution in [0.1, 0.15) is 70.1 Å². The molecule has 0 radical (unpaired) electrons. The van der Waals surface area contributed by atoms with Crippen LogP contribution in [0, 0.1) is 11.3 Å². The van der Waals surface area contributed by atoms with Crippen molar-refractivity contribution >= 4 is 28.5 Å². The Bertz CT molecular complexity index is 1980. The van der Waals surface area contributed by atoms with Crippen molar-refractivity contribution in [3.05, 3.63) is 69.7 Å². The maximum absolute atomic E-state index is 13.8. The second kappa shape index (κ2) is 11.3. The number of ether oxygens (including phenoxy) is 2. The SMILES string of the molecule is CCN(C(=O)Cn1nc(-c2cc(C#N)cc(C(C)(C)C)c2)c2oc(C(=O)NC(C)(C)C)cc2c1=O)c1ccc2c(c1)OC(F)(F)O2. The molecule has 2 aromatic carbocycles. The third-order valence-electron chi connectivity index (χ3n) is 7.15. The Morgan fingerprint density at radius 3 is 2.37 bits per heavy atom. The minimum atomic E-state index is -3.83. The number of amides is 2. The quantitative estimate of drug-likeness (QED) is 0.284. The third kappa shape index (κ3) is 6.42. The van der Waals surface area contributed by atoms with E-state index in [0.717, 1.165) is 10.2 Å². The Balaban J connectivity index is 1.63. The van der Waals surface area contributed by atoms with Crippen LogP contribution in [0.4, 0.5) is 14.5 Å². The number of carbonyl (C=O) groups excluding carboxylic acids is 2. The molecule has 2 aromatic heterocycles. The largest absolute Gasteiger partial charge is 0.586 e. The van der Waals surface area contributed by atoms with Gasteiger partial charge < -0.3 is 24.1 Å². The van der Waals surface area contributed by atoms with Crippen LogP contribution in [0.3, 0.4) is 0 Å². The van der Waals surface area contributed by atoms with Gasteiger partial charge in [0.25, 0.3) is 11.5 Å². The number of halogens is 2. The Hall–Kier alpha value is -5.25. The highest BCUT2D eigenvalue weighted by molar-refractivity contribution is 5.99. The molecule has 0 fully saturated rings. The van der Waals surface area contributed by atoms with Gasteiger partial charge in [-0.25, -0.2) is 4.68 Å². The van der Waals surface area contributed by atoms with Crippen LogP contribution in [0.2, 0.25) is 0 Å². The fourth-order valence-corrected chi connectivity index (χ4v) is 4.97. The summed E-state index contributed by atoms with van der Waals surface area (Å²) < 4.78 is 43.1. The zero-order valence-corrected chi connectivity index (χ0v) is 26.4. The molecule has 3 heterocycles. The Morgan fingerprint density at radius 2 is 1.74 bits per heavy atom. The van der Waals surface area contributed by atoms with Gasteiger partial charge >= 0.3 is 6.29 Å². The number of likely N-dealkylation sites (N-methyl/N-ethyl adjacent to an activating group) is 1. The van der Waals surface area contributed by atoms with E-state index in [1.807, 2.05) is 26.8 Å². The second-order valence-electron chi connectivity index (χ2n) is 13.0. The summed E-state index contributed by atoms with van der Waals surface area (Å²) in [5.41, 5.74) is 0.351. The van der Waals surface area contributed by atoms with Crippen LogP contribution in [-0.2, 0) is 16.8 Å². The predicted molar refractivity (Wildman–Crippen MR) is 165 cm³/mol. The highest BCUT2D eigenvalue weighted by Crippen LogP contribution is 2.43. The molecule has 0 spiro atoms. The van der Waals surface area contributed by atoms with Gasteiger partial charge in [0, 0.05) is 35.5 Å². The van der Waals surface area contributed by atoms with Crippen LogP contribution < -0.4 is 25.2 Å². The van der Waals surface area contributed by atoms with Gasteiger partial charge in [0.1, 0.15) is 12.2 Å². The average molecular weight is 634 g/mol. The molecule has 0 saturated heterocycles. The smallest absolute Gasteiger partial charge is 0.448 e. The van der Waals surface area contributed by atoms with E-state index in [1.54, 1.807) is 39.8 Å². The highest BCUT2D eigenvalue weighted by atomic mass is 19.3. The Kier molecular flexibility index (Phi) is 7.88. The van der Waals surface area contributed by atoms with Gasteiger partial charge in [-0.1, -0.05) is 20.8 Å². The Morgan fingerprint density at radius 1 is 1.04 bits per heavy atom. The van der Waals surface area contributed by atoms with E-state index in [2.05, 4.69) is 26.0 Å². The molecule has 1 N–H and O–H groups in total. The fraction of sp³-hybridized carbons (Fsp3) is 0.364. The van der Waals surface area contributed by atoms with Crippen molar-refractivity contribution in [2.45, 2.75) is 72.3 Å². The first kappa shape index (κ1) is 32.2. The fourth-order valence-electron chi connectivity index (χ4n) is 4.97. The van der Waals surface area contributed by atoms with E-state index >= 15 is 0 Å². The van der Waals surface area contributed by atoms with Gasteiger partial charge in [0.05, 0.1) is 17.0 Å². The van der Waals surface area contributed by atoms with Gasteiger partial charge in [-0.05, 0) is 69.0 Å². The third-order valence-corrected chi connectivity index (χ3v) is 7.15. The Labute approximate surface area is 263 Å². The summed E-state index contributed by atoms with van der Waals surface area (Å²) >= 11 is 0. The lowest BCUT2D eigenvalue weighted by Crippen LogP contribution is -2.40. The summed E-state index contributed by atoms with van der Waals surface area (Å²) in [5.74, 6) is -1.68. The minimum Gasteiger partial charge on any atom is -0.448 e. The van der Waals surface area contributed by atoms with Gasteiger partial charge in [-0.3, -0.25) is 14.4 Å². The first-order valence-corrected chi connectivity index (χ1v) is 14.5. The molecule has 1 aliphatic rings. The number of nitrogens with one attached hydrogen (secondary N) is 1. The van der Waals surface area contributed by atoms with E-state index in [0.29, 0.717) is 11.1 Å². The van der Waals surface area contributed by atoms with E-state index in [1.165, 1.54) is 29.2 Å². The normalized spacial score (nSPS) is 13.8. The molecule has 5 rings (SSSR count). The number of benzene rings is 2. The number of carbonyl (C=O) groups is 2. The lowest BCUT2D eigenvalue weighted by Gasteiger charge is -2.22. The van der Waals surface area contributed by atoms with Crippen LogP contribution in [0.25, 0.3) is 22.2 Å². The number of aromatic nitrogens is 2. The van der Waals surface area contributed by atoms with Gasteiger partial charge in [-0.2, -0.15) is 10.4 Å². The molecule has 0 bridgehead atoms. The molecule has 0 unspecified atom stereocenters. The number of hydrogen-bond donors (Lipinski definition) is 1. The van der Waals surface area contributed by atoms with Gasteiger partial charge in [0.2, 0.25) is 5.91 Å². The molecule has 46 heavy (non-hydrogen) atoms. The van der Waals surface area contributed by atoms with Crippen LogP contribution >= 0.6 is 0 Å². The molecule has 1 aliphatic heterocycles. The summed E-state index contributed by atoms with van der Waals surface area (Å²) in [5, 5.41) is 17.1. The van der Waals surface area contributed by atoms with Crippen LogP contribution in [0.5, 0.6) is 11.5 Å². The zero-order valence-electron chi connectivity index (χ0n) is 26.4. The van der Waals surface area contributed by atoms with E-state index in [9.17, 15) is 28.4 Å². The molecule has 0 saturated carbocycles. The molecule has 0 aliphatic carbocycles. The first-order valence-electron chi connectivity index (χ1n) is 14.5. The number of rotatable bonds is 6. The van der Waals surface area contributed by atoms with Gasteiger partial charge in [-0.15, -0.1) is 8.78 Å². The molecule has 2 amide bonds. The maximum atomic E-state index is 13.8. The van der Waals surface area contributed by atoms with E-state index in [4.69, 9.17) is 4.42 Å². The first-order chi connectivity index (χ1) is 21.4. The summed E-state index contributed by atoms with van der Waals surface area (Å²) in [7, 11) is 0. The minimum absolute atomic E-state index is 0.00453. The van der Waals surface area contributed by atoms with Crippen molar-refractivity contribution in [1.29, 1.82) is 5.26 Å². The highest BCUT2D eigenvalue weighted by Gasteiger charge is 2.43. The molecule has 240 valence electrons.